The zero-order chi connectivity index (χ0) is 13.3. The van der Waals surface area contributed by atoms with E-state index in [4.69, 9.17) is 5.73 Å². The van der Waals surface area contributed by atoms with E-state index in [1.165, 1.54) is 0 Å². The summed E-state index contributed by atoms with van der Waals surface area (Å²) in [4.78, 5) is 0. The summed E-state index contributed by atoms with van der Waals surface area (Å²) in [7, 11) is 0. The first-order valence-corrected chi connectivity index (χ1v) is 5.08. The van der Waals surface area contributed by atoms with Crippen LogP contribution in [0.15, 0.2) is 18.3 Å². The van der Waals surface area contributed by atoms with Crippen LogP contribution in [0.3, 0.4) is 0 Å². The Kier molecular flexibility index (Phi) is 3.22. The van der Waals surface area contributed by atoms with Crippen LogP contribution < -0.4 is 5.73 Å². The van der Waals surface area contributed by atoms with Gasteiger partial charge in [-0.3, -0.25) is 4.39 Å². The second kappa shape index (κ2) is 4.67. The molecule has 0 aliphatic heterocycles. The fourth-order valence-corrected chi connectivity index (χ4v) is 1.66. The Morgan fingerprint density at radius 1 is 1.17 bits per heavy atom. The number of rotatable bonds is 3. The zero-order valence-corrected chi connectivity index (χ0v) is 9.13. The lowest BCUT2D eigenvalue weighted by molar-refractivity contribution is 0.482. The molecule has 0 radical (unpaired) electrons. The summed E-state index contributed by atoms with van der Waals surface area (Å²) < 4.78 is 53.1. The summed E-state index contributed by atoms with van der Waals surface area (Å²) in [5, 5.41) is 3.68. The van der Waals surface area contributed by atoms with Crippen LogP contribution in [-0.2, 0) is 6.42 Å². The van der Waals surface area contributed by atoms with Crippen molar-refractivity contribution in [1.82, 2.24) is 9.78 Å². The molecule has 2 aromatic rings. The van der Waals surface area contributed by atoms with E-state index in [2.05, 4.69) is 5.10 Å². The first kappa shape index (κ1) is 12.4. The van der Waals surface area contributed by atoms with Crippen molar-refractivity contribution >= 4 is 5.69 Å². The molecule has 0 spiro atoms. The van der Waals surface area contributed by atoms with Gasteiger partial charge >= 0.3 is 0 Å². The van der Waals surface area contributed by atoms with Gasteiger partial charge in [-0.15, -0.1) is 0 Å². The molecule has 0 saturated heterocycles. The van der Waals surface area contributed by atoms with Crippen molar-refractivity contribution in [2.45, 2.75) is 6.42 Å². The van der Waals surface area contributed by atoms with E-state index in [-0.39, 0.29) is 17.8 Å². The largest absolute Gasteiger partial charge is 0.396 e. The van der Waals surface area contributed by atoms with Gasteiger partial charge in [0.15, 0.2) is 11.6 Å². The fourth-order valence-electron chi connectivity index (χ4n) is 1.66. The number of nitrogen functional groups attached to an aromatic ring is 1. The van der Waals surface area contributed by atoms with E-state index in [0.717, 1.165) is 10.9 Å². The molecule has 0 amide bonds. The van der Waals surface area contributed by atoms with Gasteiger partial charge in [-0.1, -0.05) is 0 Å². The quantitative estimate of drug-likeness (QED) is 0.860. The van der Waals surface area contributed by atoms with Crippen LogP contribution in [0, 0.1) is 17.5 Å². The molecule has 96 valence electrons. The number of benzene rings is 1. The second-order valence-electron chi connectivity index (χ2n) is 3.62. The highest BCUT2D eigenvalue weighted by Crippen LogP contribution is 2.23. The molecule has 1 aromatic heterocycles. The third-order valence-corrected chi connectivity index (χ3v) is 2.43. The summed E-state index contributed by atoms with van der Waals surface area (Å²) in [6.45, 7) is -0.750. The van der Waals surface area contributed by atoms with Crippen LogP contribution in [0.5, 0.6) is 0 Å². The molecule has 0 atom stereocenters. The van der Waals surface area contributed by atoms with Crippen LogP contribution >= 0.6 is 0 Å². The van der Waals surface area contributed by atoms with Gasteiger partial charge in [0.25, 0.3) is 0 Å². The van der Waals surface area contributed by atoms with Gasteiger partial charge in [-0.05, 0) is 0 Å². The Balaban J connectivity index is 2.62. The molecule has 2 N–H and O–H groups in total. The van der Waals surface area contributed by atoms with Crippen molar-refractivity contribution in [2.75, 3.05) is 12.4 Å². The zero-order valence-electron chi connectivity index (χ0n) is 9.13. The Hall–Kier alpha value is -2.05. The smallest absolute Gasteiger partial charge is 0.154 e. The monoisotopic (exact) mass is 259 g/mol. The molecule has 1 aromatic carbocycles. The van der Waals surface area contributed by atoms with Gasteiger partial charge in [0.2, 0.25) is 0 Å². The first-order valence-electron chi connectivity index (χ1n) is 5.08. The van der Waals surface area contributed by atoms with E-state index < -0.39 is 29.8 Å². The predicted molar refractivity (Wildman–Crippen MR) is 57.5 cm³/mol. The molecule has 2 rings (SSSR count). The average molecular weight is 259 g/mol. The van der Waals surface area contributed by atoms with Crippen LogP contribution in [0.1, 0.15) is 5.69 Å². The van der Waals surface area contributed by atoms with Gasteiger partial charge < -0.3 is 5.73 Å². The Morgan fingerprint density at radius 2 is 1.78 bits per heavy atom. The van der Waals surface area contributed by atoms with Crippen molar-refractivity contribution in [3.63, 3.8) is 0 Å². The Morgan fingerprint density at radius 3 is 2.33 bits per heavy atom. The van der Waals surface area contributed by atoms with Crippen LogP contribution in [0.25, 0.3) is 5.69 Å². The van der Waals surface area contributed by atoms with Crippen LogP contribution in [-0.4, -0.2) is 16.5 Å². The number of nitrogens with two attached hydrogens (primary N) is 1. The Labute approximate surface area is 99.8 Å². The highest BCUT2D eigenvalue weighted by Gasteiger charge is 2.18. The molecule has 0 bridgehead atoms. The first-order chi connectivity index (χ1) is 8.54. The second-order valence-corrected chi connectivity index (χ2v) is 3.62. The lowest BCUT2D eigenvalue weighted by Crippen LogP contribution is -2.09. The number of anilines is 1. The minimum Gasteiger partial charge on any atom is -0.396 e. The molecule has 3 nitrogen and oxygen atoms in total. The normalized spacial score (nSPS) is 10.9. The summed E-state index contributed by atoms with van der Waals surface area (Å²) in [5.41, 5.74) is 5.21. The summed E-state index contributed by atoms with van der Waals surface area (Å²) >= 11 is 0. The number of hydrogen-bond donors (Lipinski definition) is 1. The lowest BCUT2D eigenvalue weighted by atomic mass is 10.2. The van der Waals surface area contributed by atoms with Crippen LogP contribution in [0.2, 0.25) is 0 Å². The van der Waals surface area contributed by atoms with Crippen molar-refractivity contribution in [3.8, 4) is 5.69 Å². The minimum absolute atomic E-state index is 0.121. The lowest BCUT2D eigenvalue weighted by Gasteiger charge is -2.09. The van der Waals surface area contributed by atoms with Crippen molar-refractivity contribution < 1.29 is 17.6 Å². The molecule has 0 saturated carbocycles. The van der Waals surface area contributed by atoms with Gasteiger partial charge in [0.05, 0.1) is 24.3 Å². The number of hydrogen-bond acceptors (Lipinski definition) is 2. The maximum Gasteiger partial charge on any atom is 0.154 e. The fraction of sp³-hybridized carbons (Fsp3) is 0.182. The number of halogens is 4. The summed E-state index contributed by atoms with van der Waals surface area (Å²) in [6, 6.07) is 1.05. The molecule has 7 heteroatoms. The van der Waals surface area contributed by atoms with Crippen molar-refractivity contribution in [3.05, 3.63) is 41.5 Å². The van der Waals surface area contributed by atoms with Crippen molar-refractivity contribution in [2.24, 2.45) is 0 Å². The number of alkyl halides is 1. The van der Waals surface area contributed by atoms with E-state index in [0.29, 0.717) is 12.1 Å². The SMILES string of the molecule is Nc1cnn(-c2c(F)cc(F)cc2F)c1CCF. The molecular weight excluding hydrogens is 250 g/mol. The summed E-state index contributed by atoms with van der Waals surface area (Å²) in [6.07, 6.45) is 1.02. The van der Waals surface area contributed by atoms with E-state index in [1.807, 2.05) is 0 Å². The van der Waals surface area contributed by atoms with Gasteiger partial charge in [-0.2, -0.15) is 5.10 Å². The van der Waals surface area contributed by atoms with E-state index in [9.17, 15) is 17.6 Å². The van der Waals surface area contributed by atoms with Crippen molar-refractivity contribution in [1.29, 1.82) is 0 Å². The Bertz CT molecular complexity index is 557. The molecule has 1 heterocycles. The van der Waals surface area contributed by atoms with Gasteiger partial charge in [0.1, 0.15) is 11.5 Å². The summed E-state index contributed by atoms with van der Waals surface area (Å²) in [5.74, 6) is -3.30. The van der Waals surface area contributed by atoms with E-state index in [1.54, 1.807) is 0 Å². The number of aromatic nitrogens is 2. The maximum atomic E-state index is 13.6. The predicted octanol–water partition coefficient (Wildman–Crippen LogP) is 2.38. The molecular formula is C11H9F4N3. The maximum absolute atomic E-state index is 13.6. The van der Waals surface area contributed by atoms with Crippen LogP contribution in [0.4, 0.5) is 23.2 Å². The highest BCUT2D eigenvalue weighted by atomic mass is 19.1. The third-order valence-electron chi connectivity index (χ3n) is 2.43. The minimum atomic E-state index is -1.13. The third kappa shape index (κ3) is 2.03. The molecule has 18 heavy (non-hydrogen) atoms. The number of nitrogens with zero attached hydrogens (tertiary/aromatic N) is 2. The topological polar surface area (TPSA) is 43.8 Å². The molecule has 0 aliphatic carbocycles. The van der Waals surface area contributed by atoms with E-state index >= 15 is 0 Å². The average Bonchev–Trinajstić information content (AvgIpc) is 2.61. The highest BCUT2D eigenvalue weighted by molar-refractivity contribution is 5.47. The standard InChI is InChI=1S/C11H9F4N3/c12-2-1-10-9(16)5-17-18(10)11-7(14)3-6(13)4-8(11)15/h3-5H,1-2,16H2. The van der Waals surface area contributed by atoms with Gasteiger partial charge in [0, 0.05) is 18.6 Å². The molecule has 0 fully saturated rings. The molecule has 0 aliphatic rings. The molecule has 0 unspecified atom stereocenters. The van der Waals surface area contributed by atoms with Gasteiger partial charge in [-0.25, -0.2) is 17.9 Å².